The normalized spacial score (nSPS) is 10.8. The van der Waals surface area contributed by atoms with E-state index in [1.54, 1.807) is 0 Å². The van der Waals surface area contributed by atoms with E-state index >= 15 is 0 Å². The maximum absolute atomic E-state index is 5.52. The highest BCUT2D eigenvalue weighted by Crippen LogP contribution is 2.05. The van der Waals surface area contributed by atoms with E-state index in [1.807, 2.05) is 0 Å². The Balaban J connectivity index is 2.33. The molecule has 0 fully saturated rings. The highest BCUT2D eigenvalue weighted by atomic mass is 16.5. The molecule has 0 bridgehead atoms. The average molecular weight is 178 g/mol. The van der Waals surface area contributed by atoms with Gasteiger partial charge in [-0.05, 0) is 18.4 Å². The van der Waals surface area contributed by atoms with Crippen molar-refractivity contribution < 1.29 is 4.74 Å². The molecule has 0 radical (unpaired) electrons. The topological polar surface area (TPSA) is 9.23 Å². The molecule has 0 saturated heterocycles. The van der Waals surface area contributed by atoms with Crippen molar-refractivity contribution in [3.63, 3.8) is 0 Å². The summed E-state index contributed by atoms with van der Waals surface area (Å²) in [6, 6.07) is 8.48. The zero-order valence-corrected chi connectivity index (χ0v) is 8.71. The molecule has 1 rings (SSSR count). The van der Waals surface area contributed by atoms with Gasteiger partial charge in [-0.2, -0.15) is 0 Å². The lowest BCUT2D eigenvalue weighted by atomic mass is 10.2. The summed E-state index contributed by atoms with van der Waals surface area (Å²) in [5.41, 5.74) is 2.55. The summed E-state index contributed by atoms with van der Waals surface area (Å²) < 4.78 is 5.52. The summed E-state index contributed by atoms with van der Waals surface area (Å²) in [4.78, 5) is 0. The first-order chi connectivity index (χ1) is 6.18. The molecule has 0 aliphatic heterocycles. The number of aryl methyl sites for hydroxylation is 1. The van der Waals surface area contributed by atoms with Gasteiger partial charge in [0.2, 0.25) is 0 Å². The Hall–Kier alpha value is -0.820. The highest BCUT2D eigenvalue weighted by molar-refractivity contribution is 5.20. The zero-order chi connectivity index (χ0) is 9.68. The van der Waals surface area contributed by atoms with Crippen LogP contribution < -0.4 is 0 Å². The molecule has 0 N–H and O–H groups in total. The second kappa shape index (κ2) is 5.03. The summed E-state index contributed by atoms with van der Waals surface area (Å²) in [6.07, 6.45) is 0. The van der Waals surface area contributed by atoms with E-state index in [2.05, 4.69) is 45.0 Å². The Morgan fingerprint density at radius 1 is 1.15 bits per heavy atom. The Labute approximate surface area is 80.7 Å². The summed E-state index contributed by atoms with van der Waals surface area (Å²) in [7, 11) is 0. The number of ether oxygens (including phenoxy) is 1. The minimum Gasteiger partial charge on any atom is -0.377 e. The Kier molecular flexibility index (Phi) is 3.97. The molecular formula is C12H18O. The van der Waals surface area contributed by atoms with Crippen LogP contribution in [0.4, 0.5) is 0 Å². The van der Waals surface area contributed by atoms with Gasteiger partial charge in [-0.15, -0.1) is 0 Å². The fourth-order valence-electron chi connectivity index (χ4n) is 1.10. The van der Waals surface area contributed by atoms with E-state index in [1.165, 1.54) is 11.1 Å². The first-order valence-corrected chi connectivity index (χ1v) is 4.82. The molecule has 0 aliphatic carbocycles. The van der Waals surface area contributed by atoms with Crippen molar-refractivity contribution in [3.05, 3.63) is 35.4 Å². The van der Waals surface area contributed by atoms with Crippen molar-refractivity contribution in [1.82, 2.24) is 0 Å². The van der Waals surface area contributed by atoms with Gasteiger partial charge in [-0.1, -0.05) is 43.7 Å². The number of benzene rings is 1. The van der Waals surface area contributed by atoms with E-state index in [4.69, 9.17) is 4.74 Å². The van der Waals surface area contributed by atoms with Crippen LogP contribution in [0.1, 0.15) is 25.0 Å². The van der Waals surface area contributed by atoms with Crippen LogP contribution in [0.5, 0.6) is 0 Å². The monoisotopic (exact) mass is 178 g/mol. The molecule has 1 heteroatoms. The Morgan fingerprint density at radius 3 is 2.31 bits per heavy atom. The molecule has 72 valence electrons. The second-order valence-electron chi connectivity index (χ2n) is 3.89. The fourth-order valence-corrected chi connectivity index (χ4v) is 1.10. The highest BCUT2D eigenvalue weighted by Gasteiger charge is 1.95. The van der Waals surface area contributed by atoms with Crippen LogP contribution in [0.3, 0.4) is 0 Å². The first-order valence-electron chi connectivity index (χ1n) is 4.82. The van der Waals surface area contributed by atoms with Crippen LogP contribution >= 0.6 is 0 Å². The van der Waals surface area contributed by atoms with Crippen molar-refractivity contribution in [2.24, 2.45) is 5.92 Å². The largest absolute Gasteiger partial charge is 0.377 e. The van der Waals surface area contributed by atoms with Gasteiger partial charge in [0.25, 0.3) is 0 Å². The maximum Gasteiger partial charge on any atom is 0.0717 e. The first kappa shape index (κ1) is 10.3. The lowest BCUT2D eigenvalue weighted by molar-refractivity contribution is 0.0971. The molecule has 1 nitrogen and oxygen atoms in total. The lowest BCUT2D eigenvalue weighted by Crippen LogP contribution is -2.01. The van der Waals surface area contributed by atoms with E-state index in [9.17, 15) is 0 Å². The van der Waals surface area contributed by atoms with Gasteiger partial charge in [0.05, 0.1) is 6.61 Å². The van der Waals surface area contributed by atoms with Crippen LogP contribution in [0.15, 0.2) is 24.3 Å². The van der Waals surface area contributed by atoms with Crippen molar-refractivity contribution in [1.29, 1.82) is 0 Å². The smallest absolute Gasteiger partial charge is 0.0717 e. The van der Waals surface area contributed by atoms with Crippen LogP contribution in [0.25, 0.3) is 0 Å². The molecule has 0 amide bonds. The van der Waals surface area contributed by atoms with Gasteiger partial charge in [0.1, 0.15) is 0 Å². The maximum atomic E-state index is 5.52. The molecular weight excluding hydrogens is 160 g/mol. The molecule has 0 saturated carbocycles. The van der Waals surface area contributed by atoms with Crippen molar-refractivity contribution in [2.75, 3.05) is 6.61 Å². The second-order valence-corrected chi connectivity index (χ2v) is 3.89. The van der Waals surface area contributed by atoms with Crippen molar-refractivity contribution in [2.45, 2.75) is 27.4 Å². The van der Waals surface area contributed by atoms with Crippen LogP contribution in [-0.4, -0.2) is 6.61 Å². The van der Waals surface area contributed by atoms with Gasteiger partial charge < -0.3 is 4.74 Å². The lowest BCUT2D eigenvalue weighted by Gasteiger charge is -2.06. The predicted molar refractivity (Wildman–Crippen MR) is 55.7 cm³/mol. The van der Waals surface area contributed by atoms with Crippen molar-refractivity contribution in [3.8, 4) is 0 Å². The third kappa shape index (κ3) is 4.09. The third-order valence-corrected chi connectivity index (χ3v) is 1.84. The minimum absolute atomic E-state index is 0.616. The number of rotatable bonds is 4. The Morgan fingerprint density at radius 2 is 1.77 bits per heavy atom. The summed E-state index contributed by atoms with van der Waals surface area (Å²) in [6.45, 7) is 8.00. The fraction of sp³-hybridized carbons (Fsp3) is 0.500. The summed E-state index contributed by atoms with van der Waals surface area (Å²) >= 11 is 0. The molecule has 0 spiro atoms. The Bertz CT molecular complexity index is 236. The average Bonchev–Trinajstić information content (AvgIpc) is 2.08. The molecule has 0 unspecified atom stereocenters. The third-order valence-electron chi connectivity index (χ3n) is 1.84. The van der Waals surface area contributed by atoms with Crippen molar-refractivity contribution >= 4 is 0 Å². The van der Waals surface area contributed by atoms with E-state index < -0.39 is 0 Å². The molecule has 0 atom stereocenters. The zero-order valence-electron chi connectivity index (χ0n) is 8.71. The van der Waals surface area contributed by atoms with Gasteiger partial charge in [-0.25, -0.2) is 0 Å². The van der Waals surface area contributed by atoms with E-state index in [-0.39, 0.29) is 0 Å². The van der Waals surface area contributed by atoms with Gasteiger partial charge in [-0.3, -0.25) is 0 Å². The minimum atomic E-state index is 0.616. The van der Waals surface area contributed by atoms with Crippen LogP contribution in [0, 0.1) is 12.8 Å². The number of hydrogen-bond donors (Lipinski definition) is 0. The molecule has 1 aromatic carbocycles. The quantitative estimate of drug-likeness (QED) is 0.688. The number of hydrogen-bond acceptors (Lipinski definition) is 1. The van der Waals surface area contributed by atoms with Gasteiger partial charge in [0.15, 0.2) is 0 Å². The SMILES string of the molecule is Cc1ccc(COCC(C)C)cc1. The van der Waals surface area contributed by atoms with Crippen LogP contribution in [-0.2, 0) is 11.3 Å². The van der Waals surface area contributed by atoms with Gasteiger partial charge in [0, 0.05) is 6.61 Å². The van der Waals surface area contributed by atoms with E-state index in [0.717, 1.165) is 13.2 Å². The predicted octanol–water partition coefficient (Wildman–Crippen LogP) is 3.17. The molecule has 0 heterocycles. The van der Waals surface area contributed by atoms with Crippen LogP contribution in [0.2, 0.25) is 0 Å². The molecule has 0 aliphatic rings. The molecule has 13 heavy (non-hydrogen) atoms. The summed E-state index contributed by atoms with van der Waals surface area (Å²) in [5, 5.41) is 0. The van der Waals surface area contributed by atoms with E-state index in [0.29, 0.717) is 5.92 Å². The standard InChI is InChI=1S/C12H18O/c1-10(2)8-13-9-12-6-4-11(3)5-7-12/h4-7,10H,8-9H2,1-3H3. The summed E-state index contributed by atoms with van der Waals surface area (Å²) in [5.74, 6) is 0.616. The molecule has 1 aromatic rings. The molecule has 0 aromatic heterocycles. The van der Waals surface area contributed by atoms with Gasteiger partial charge >= 0.3 is 0 Å².